The maximum atomic E-state index is 11.8. The van der Waals surface area contributed by atoms with Gasteiger partial charge in [0.15, 0.2) is 0 Å². The monoisotopic (exact) mass is 180 g/mol. The molecule has 1 unspecified atom stereocenters. The van der Waals surface area contributed by atoms with Gasteiger partial charge in [0.25, 0.3) is 6.43 Å². The predicted molar refractivity (Wildman–Crippen MR) is 36.9 cm³/mol. The number of amides is 1. The molecule has 1 aliphatic heterocycles. The van der Waals surface area contributed by atoms with Crippen LogP contribution in [0.4, 0.5) is 13.6 Å². The molecule has 0 aromatic carbocycles. The van der Waals surface area contributed by atoms with Gasteiger partial charge in [0.2, 0.25) is 0 Å². The Balaban J connectivity index is 2.41. The number of carbonyl (C=O) groups excluding carboxylic acids is 1. The summed E-state index contributed by atoms with van der Waals surface area (Å²) < 4.78 is 28.3. The minimum absolute atomic E-state index is 0.166. The normalized spacial score (nSPS) is 23.5. The SMILES string of the molecule is NCC1CN(CC(F)F)C(=O)O1. The number of ether oxygens (including phenoxy) is 1. The van der Waals surface area contributed by atoms with Gasteiger partial charge in [-0.05, 0) is 0 Å². The molecule has 1 saturated heterocycles. The fourth-order valence-corrected chi connectivity index (χ4v) is 1.01. The predicted octanol–water partition coefficient (Wildman–Crippen LogP) is 0.0310. The van der Waals surface area contributed by atoms with E-state index in [-0.39, 0.29) is 13.1 Å². The zero-order valence-corrected chi connectivity index (χ0v) is 6.37. The fourth-order valence-electron chi connectivity index (χ4n) is 1.01. The van der Waals surface area contributed by atoms with Crippen LogP contribution in [0.25, 0.3) is 0 Å². The zero-order chi connectivity index (χ0) is 9.14. The van der Waals surface area contributed by atoms with Gasteiger partial charge in [-0.1, -0.05) is 0 Å². The summed E-state index contributed by atoms with van der Waals surface area (Å²) in [7, 11) is 0. The Morgan fingerprint density at radius 3 is 2.83 bits per heavy atom. The number of alkyl halides is 2. The van der Waals surface area contributed by atoms with Crippen LogP contribution in [0, 0.1) is 0 Å². The second kappa shape index (κ2) is 3.66. The average Bonchev–Trinajstić information content (AvgIpc) is 2.31. The molecule has 0 spiro atoms. The first-order valence-corrected chi connectivity index (χ1v) is 3.57. The molecule has 0 radical (unpaired) electrons. The molecule has 1 heterocycles. The van der Waals surface area contributed by atoms with Crippen LogP contribution >= 0.6 is 0 Å². The van der Waals surface area contributed by atoms with Crippen molar-refractivity contribution in [1.82, 2.24) is 4.90 Å². The maximum Gasteiger partial charge on any atom is 0.410 e. The van der Waals surface area contributed by atoms with Gasteiger partial charge in [0, 0.05) is 6.54 Å². The van der Waals surface area contributed by atoms with Crippen LogP contribution in [0.15, 0.2) is 0 Å². The molecule has 1 fully saturated rings. The molecule has 0 aromatic rings. The van der Waals surface area contributed by atoms with Gasteiger partial charge >= 0.3 is 6.09 Å². The molecule has 2 N–H and O–H groups in total. The summed E-state index contributed by atoms with van der Waals surface area (Å²) >= 11 is 0. The van der Waals surface area contributed by atoms with Crippen LogP contribution in [0.1, 0.15) is 0 Å². The largest absolute Gasteiger partial charge is 0.443 e. The Bertz CT molecular complexity index is 177. The van der Waals surface area contributed by atoms with Crippen LogP contribution in [-0.4, -0.2) is 43.2 Å². The summed E-state index contributed by atoms with van der Waals surface area (Å²) in [6, 6.07) is 0. The van der Waals surface area contributed by atoms with Crippen LogP contribution in [-0.2, 0) is 4.74 Å². The number of halogens is 2. The molecule has 0 aromatic heterocycles. The summed E-state index contributed by atoms with van der Waals surface area (Å²) in [5.74, 6) is 0. The van der Waals surface area contributed by atoms with E-state index in [2.05, 4.69) is 4.74 Å². The summed E-state index contributed by atoms with van der Waals surface area (Å²) in [5, 5.41) is 0. The molecule has 6 heteroatoms. The van der Waals surface area contributed by atoms with Crippen molar-refractivity contribution in [3.63, 3.8) is 0 Å². The highest BCUT2D eigenvalue weighted by molar-refractivity contribution is 5.69. The van der Waals surface area contributed by atoms with Crippen LogP contribution < -0.4 is 5.73 Å². The van der Waals surface area contributed by atoms with Crippen molar-refractivity contribution < 1.29 is 18.3 Å². The standard InChI is InChI=1S/C6H10F2N2O2/c7-5(8)3-10-2-4(1-9)12-6(10)11/h4-5H,1-3,9H2. The lowest BCUT2D eigenvalue weighted by Crippen LogP contribution is -2.31. The van der Waals surface area contributed by atoms with E-state index >= 15 is 0 Å². The van der Waals surface area contributed by atoms with E-state index in [9.17, 15) is 13.6 Å². The van der Waals surface area contributed by atoms with E-state index in [4.69, 9.17) is 5.73 Å². The van der Waals surface area contributed by atoms with E-state index in [1.165, 1.54) is 0 Å². The Morgan fingerprint density at radius 1 is 1.75 bits per heavy atom. The van der Waals surface area contributed by atoms with E-state index in [0.717, 1.165) is 4.90 Å². The Labute approximate surface area is 68.3 Å². The molecule has 1 amide bonds. The molecule has 4 nitrogen and oxygen atoms in total. The van der Waals surface area contributed by atoms with E-state index in [1.807, 2.05) is 0 Å². The molecule has 0 saturated carbocycles. The third kappa shape index (κ3) is 2.04. The van der Waals surface area contributed by atoms with Gasteiger partial charge in [-0.25, -0.2) is 13.6 Å². The lowest BCUT2D eigenvalue weighted by Gasteiger charge is -2.10. The number of hydrogen-bond acceptors (Lipinski definition) is 3. The van der Waals surface area contributed by atoms with Gasteiger partial charge < -0.3 is 10.5 Å². The second-order valence-corrected chi connectivity index (χ2v) is 2.54. The van der Waals surface area contributed by atoms with Crippen LogP contribution in [0.2, 0.25) is 0 Å². The molecular formula is C6H10F2N2O2. The summed E-state index contributed by atoms with van der Waals surface area (Å²) in [6.07, 6.45) is -3.66. The summed E-state index contributed by atoms with van der Waals surface area (Å²) in [5.41, 5.74) is 5.20. The first kappa shape index (κ1) is 9.18. The van der Waals surface area contributed by atoms with Crippen molar-refractivity contribution in [2.75, 3.05) is 19.6 Å². The van der Waals surface area contributed by atoms with Crippen LogP contribution in [0.5, 0.6) is 0 Å². The lowest BCUT2D eigenvalue weighted by atomic mass is 10.3. The van der Waals surface area contributed by atoms with Crippen LogP contribution in [0.3, 0.4) is 0 Å². The zero-order valence-electron chi connectivity index (χ0n) is 6.37. The van der Waals surface area contributed by atoms with Crippen molar-refractivity contribution in [3.05, 3.63) is 0 Å². The van der Waals surface area contributed by atoms with Crippen molar-refractivity contribution in [3.8, 4) is 0 Å². The molecule has 0 bridgehead atoms. The minimum atomic E-state index is -2.52. The van der Waals surface area contributed by atoms with Crippen molar-refractivity contribution in [2.24, 2.45) is 5.73 Å². The smallest absolute Gasteiger partial charge is 0.410 e. The highest BCUT2D eigenvalue weighted by Crippen LogP contribution is 2.11. The number of carbonyl (C=O) groups is 1. The maximum absolute atomic E-state index is 11.8. The molecule has 12 heavy (non-hydrogen) atoms. The number of hydrogen-bond donors (Lipinski definition) is 1. The van der Waals surface area contributed by atoms with E-state index in [0.29, 0.717) is 0 Å². The minimum Gasteiger partial charge on any atom is -0.443 e. The number of nitrogens with two attached hydrogens (primary N) is 1. The Morgan fingerprint density at radius 2 is 2.42 bits per heavy atom. The fraction of sp³-hybridized carbons (Fsp3) is 0.833. The second-order valence-electron chi connectivity index (χ2n) is 2.54. The molecule has 70 valence electrons. The first-order valence-electron chi connectivity index (χ1n) is 3.57. The van der Waals surface area contributed by atoms with Gasteiger partial charge in [-0.3, -0.25) is 4.90 Å². The highest BCUT2D eigenvalue weighted by Gasteiger charge is 2.31. The lowest BCUT2D eigenvalue weighted by molar-refractivity contribution is 0.0976. The Hall–Kier alpha value is -0.910. The number of rotatable bonds is 3. The molecule has 1 aliphatic rings. The molecule has 1 atom stereocenters. The average molecular weight is 180 g/mol. The van der Waals surface area contributed by atoms with Gasteiger partial charge in [0.1, 0.15) is 6.10 Å². The van der Waals surface area contributed by atoms with Gasteiger partial charge in [-0.15, -0.1) is 0 Å². The third-order valence-corrected chi connectivity index (χ3v) is 1.57. The highest BCUT2D eigenvalue weighted by atomic mass is 19.3. The third-order valence-electron chi connectivity index (χ3n) is 1.57. The quantitative estimate of drug-likeness (QED) is 0.666. The van der Waals surface area contributed by atoms with Crippen molar-refractivity contribution in [2.45, 2.75) is 12.5 Å². The number of nitrogens with zero attached hydrogens (tertiary/aromatic N) is 1. The Kier molecular flexibility index (Phi) is 2.80. The van der Waals surface area contributed by atoms with Gasteiger partial charge in [0.05, 0.1) is 13.1 Å². The first-order chi connectivity index (χ1) is 5.63. The van der Waals surface area contributed by atoms with E-state index < -0.39 is 25.2 Å². The summed E-state index contributed by atoms with van der Waals surface area (Å²) in [6.45, 7) is -0.236. The molecular weight excluding hydrogens is 170 g/mol. The number of cyclic esters (lactones) is 1. The molecule has 0 aliphatic carbocycles. The van der Waals surface area contributed by atoms with Crippen molar-refractivity contribution >= 4 is 6.09 Å². The molecule has 1 rings (SSSR count). The van der Waals surface area contributed by atoms with Crippen molar-refractivity contribution in [1.29, 1.82) is 0 Å². The van der Waals surface area contributed by atoms with Gasteiger partial charge in [-0.2, -0.15) is 0 Å². The topological polar surface area (TPSA) is 55.6 Å². The van der Waals surface area contributed by atoms with E-state index in [1.54, 1.807) is 0 Å². The summed E-state index contributed by atoms with van der Waals surface area (Å²) in [4.78, 5) is 11.8.